The molecule has 0 fully saturated rings. The predicted molar refractivity (Wildman–Crippen MR) is 78.1 cm³/mol. The monoisotopic (exact) mass is 267 g/mol. The van der Waals surface area contributed by atoms with Crippen molar-refractivity contribution in [3.63, 3.8) is 0 Å². The zero-order valence-corrected chi connectivity index (χ0v) is 10.8. The molecule has 3 rings (SSSR count). The molecule has 0 aliphatic carbocycles. The summed E-state index contributed by atoms with van der Waals surface area (Å²) in [6.07, 6.45) is 3.57. The number of fused-ring (bicyclic) bond motifs is 1. The third-order valence-corrected chi connectivity index (χ3v) is 3.15. The summed E-state index contributed by atoms with van der Waals surface area (Å²) < 4.78 is 0. The molecule has 0 saturated heterocycles. The zero-order chi connectivity index (χ0) is 14.1. The largest absolute Gasteiger partial charge is 0.386 e. The number of hydrogen-bond acceptors (Lipinski definition) is 6. The van der Waals surface area contributed by atoms with Crippen molar-refractivity contribution in [1.82, 2.24) is 15.0 Å². The van der Waals surface area contributed by atoms with E-state index in [-0.39, 0.29) is 5.95 Å². The molecule has 0 atom stereocenters. The lowest BCUT2D eigenvalue weighted by Crippen LogP contribution is -1.93. The summed E-state index contributed by atoms with van der Waals surface area (Å²) in [6, 6.07) is 5.64. The van der Waals surface area contributed by atoms with Crippen molar-refractivity contribution in [2.24, 2.45) is 5.11 Å². The molecule has 7 nitrogen and oxygen atoms in total. The maximum absolute atomic E-state index is 7.13. The number of nitrogens with one attached hydrogen (secondary N) is 3. The second-order valence-corrected chi connectivity index (χ2v) is 4.29. The van der Waals surface area contributed by atoms with E-state index >= 15 is 0 Å². The van der Waals surface area contributed by atoms with E-state index in [4.69, 9.17) is 11.3 Å². The van der Waals surface area contributed by atoms with Gasteiger partial charge >= 0.3 is 0 Å². The third kappa shape index (κ3) is 1.85. The van der Waals surface area contributed by atoms with Crippen LogP contribution in [-0.2, 0) is 0 Å². The van der Waals surface area contributed by atoms with Crippen molar-refractivity contribution >= 4 is 28.4 Å². The number of aromatic nitrogens is 3. The minimum Gasteiger partial charge on any atom is -0.386 e. The highest BCUT2D eigenvalue weighted by Crippen LogP contribution is 2.33. The van der Waals surface area contributed by atoms with Gasteiger partial charge in [-0.05, 0) is 17.7 Å². The first-order valence-electron chi connectivity index (χ1n) is 6.02. The Kier molecular flexibility index (Phi) is 2.79. The van der Waals surface area contributed by atoms with E-state index in [1.54, 1.807) is 19.3 Å². The molecule has 2 aromatic heterocycles. The SMILES string of the molecule is CNc1cc(-c2c[nH]c3nc(N)ncc23)ccc1N=N. The van der Waals surface area contributed by atoms with Gasteiger partial charge in [-0.25, -0.2) is 10.5 Å². The summed E-state index contributed by atoms with van der Waals surface area (Å²) in [7, 11) is 1.80. The molecule has 0 radical (unpaired) electrons. The van der Waals surface area contributed by atoms with Crippen LogP contribution in [0.3, 0.4) is 0 Å². The van der Waals surface area contributed by atoms with Crippen LogP contribution in [0.2, 0.25) is 0 Å². The minimum atomic E-state index is 0.241. The fraction of sp³-hybridized carbons (Fsp3) is 0.0769. The summed E-state index contributed by atoms with van der Waals surface area (Å²) in [4.78, 5) is 11.3. The fourth-order valence-electron chi connectivity index (χ4n) is 2.16. The van der Waals surface area contributed by atoms with Crippen LogP contribution < -0.4 is 11.1 Å². The molecule has 2 heterocycles. The maximum atomic E-state index is 7.13. The van der Waals surface area contributed by atoms with Gasteiger partial charge in [0.1, 0.15) is 11.3 Å². The number of aromatic amines is 1. The lowest BCUT2D eigenvalue weighted by Gasteiger charge is -2.06. The quantitative estimate of drug-likeness (QED) is 0.546. The van der Waals surface area contributed by atoms with Gasteiger partial charge in [0.2, 0.25) is 5.95 Å². The van der Waals surface area contributed by atoms with Crippen LogP contribution in [-0.4, -0.2) is 22.0 Å². The summed E-state index contributed by atoms with van der Waals surface area (Å²) in [5.41, 5.74) is 16.8. The van der Waals surface area contributed by atoms with Crippen molar-refractivity contribution in [1.29, 1.82) is 5.53 Å². The van der Waals surface area contributed by atoms with Gasteiger partial charge < -0.3 is 16.0 Å². The summed E-state index contributed by atoms with van der Waals surface area (Å²) in [6.45, 7) is 0. The lowest BCUT2D eigenvalue weighted by molar-refractivity contribution is 1.15. The van der Waals surface area contributed by atoms with Crippen LogP contribution in [0, 0.1) is 5.53 Å². The smallest absolute Gasteiger partial charge is 0.221 e. The van der Waals surface area contributed by atoms with Gasteiger partial charge in [0, 0.05) is 30.4 Å². The van der Waals surface area contributed by atoms with Gasteiger partial charge in [0.25, 0.3) is 0 Å². The van der Waals surface area contributed by atoms with E-state index in [0.717, 1.165) is 22.2 Å². The summed E-state index contributed by atoms with van der Waals surface area (Å²) >= 11 is 0. The van der Waals surface area contributed by atoms with E-state index < -0.39 is 0 Å². The number of H-pyrrole nitrogens is 1. The van der Waals surface area contributed by atoms with Crippen LogP contribution in [0.15, 0.2) is 35.7 Å². The topological polar surface area (TPSA) is 116 Å². The zero-order valence-electron chi connectivity index (χ0n) is 10.8. The normalized spacial score (nSPS) is 10.7. The third-order valence-electron chi connectivity index (χ3n) is 3.15. The summed E-state index contributed by atoms with van der Waals surface area (Å²) in [5.74, 6) is 0.241. The van der Waals surface area contributed by atoms with Gasteiger partial charge in [-0.15, -0.1) is 0 Å². The first-order chi connectivity index (χ1) is 9.72. The van der Waals surface area contributed by atoms with Gasteiger partial charge in [-0.1, -0.05) is 6.07 Å². The average molecular weight is 267 g/mol. The number of benzene rings is 1. The maximum Gasteiger partial charge on any atom is 0.221 e. The van der Waals surface area contributed by atoms with Crippen molar-refractivity contribution in [2.75, 3.05) is 18.1 Å². The van der Waals surface area contributed by atoms with Crippen LogP contribution in [0.1, 0.15) is 0 Å². The highest BCUT2D eigenvalue weighted by atomic mass is 15.0. The van der Waals surface area contributed by atoms with Gasteiger partial charge in [-0.3, -0.25) is 0 Å². The predicted octanol–water partition coefficient (Wildman–Crippen LogP) is 2.91. The molecule has 0 unspecified atom stereocenters. The Morgan fingerprint density at radius 1 is 1.40 bits per heavy atom. The standard InChI is InChI=1S/C13H13N7/c1-16-11-4-7(2-3-10(11)20-15)8-5-17-12-9(8)6-18-13(14)19-12/h2-6,15-16H,1H3,(H3,14,17,18,19). The van der Waals surface area contributed by atoms with Crippen molar-refractivity contribution in [3.8, 4) is 11.1 Å². The number of rotatable bonds is 3. The van der Waals surface area contributed by atoms with Crippen molar-refractivity contribution in [2.45, 2.75) is 0 Å². The number of hydrogen-bond donors (Lipinski definition) is 4. The summed E-state index contributed by atoms with van der Waals surface area (Å²) in [5, 5.41) is 7.41. The van der Waals surface area contributed by atoms with Crippen molar-refractivity contribution in [3.05, 3.63) is 30.6 Å². The molecule has 0 aliphatic rings. The molecule has 0 amide bonds. The van der Waals surface area contributed by atoms with Crippen LogP contribution in [0.5, 0.6) is 0 Å². The Hall–Kier alpha value is -2.96. The molecule has 0 spiro atoms. The van der Waals surface area contributed by atoms with Crippen molar-refractivity contribution < 1.29 is 0 Å². The van der Waals surface area contributed by atoms with Gasteiger partial charge in [0.15, 0.2) is 0 Å². The Morgan fingerprint density at radius 3 is 3.00 bits per heavy atom. The lowest BCUT2D eigenvalue weighted by atomic mass is 10.1. The molecule has 0 aliphatic heterocycles. The molecular formula is C13H13N7. The van der Waals surface area contributed by atoms with E-state index in [0.29, 0.717) is 11.3 Å². The Balaban J connectivity index is 2.18. The Bertz CT molecular complexity index is 791. The average Bonchev–Trinajstić information content (AvgIpc) is 2.89. The number of anilines is 2. The highest BCUT2D eigenvalue weighted by Gasteiger charge is 2.10. The molecule has 0 bridgehead atoms. The van der Waals surface area contributed by atoms with Crippen LogP contribution >= 0.6 is 0 Å². The molecule has 1 aromatic carbocycles. The molecule has 7 heteroatoms. The van der Waals surface area contributed by atoms with Gasteiger partial charge in [-0.2, -0.15) is 10.1 Å². The molecule has 5 N–H and O–H groups in total. The number of nitrogens with zero attached hydrogens (tertiary/aromatic N) is 3. The van der Waals surface area contributed by atoms with E-state index in [1.165, 1.54) is 0 Å². The van der Waals surface area contributed by atoms with E-state index in [2.05, 4.69) is 25.4 Å². The van der Waals surface area contributed by atoms with Crippen LogP contribution in [0.4, 0.5) is 17.3 Å². The van der Waals surface area contributed by atoms with Gasteiger partial charge in [0.05, 0.1) is 5.69 Å². The Morgan fingerprint density at radius 2 is 2.25 bits per heavy atom. The van der Waals surface area contributed by atoms with Crippen LogP contribution in [0.25, 0.3) is 22.2 Å². The minimum absolute atomic E-state index is 0.241. The fourth-order valence-corrected chi connectivity index (χ4v) is 2.16. The van der Waals surface area contributed by atoms with E-state index in [1.807, 2.05) is 18.3 Å². The highest BCUT2D eigenvalue weighted by molar-refractivity contribution is 5.94. The first-order valence-corrected chi connectivity index (χ1v) is 6.02. The molecule has 0 saturated carbocycles. The second kappa shape index (κ2) is 4.61. The molecule has 3 aromatic rings. The Labute approximate surface area is 114 Å². The first kappa shape index (κ1) is 12.1. The number of nitrogen functional groups attached to an aromatic ring is 1. The molecule has 100 valence electrons. The molecular weight excluding hydrogens is 254 g/mol. The number of nitrogens with two attached hydrogens (primary N) is 1. The van der Waals surface area contributed by atoms with E-state index in [9.17, 15) is 0 Å². The second-order valence-electron chi connectivity index (χ2n) is 4.29. The molecule has 20 heavy (non-hydrogen) atoms.